The highest BCUT2D eigenvalue weighted by Crippen LogP contribution is 2.30. The highest BCUT2D eigenvalue weighted by molar-refractivity contribution is 5.08. The number of likely N-dealkylation sites (tertiary alicyclic amines) is 1. The number of hydrogen-bond acceptors (Lipinski definition) is 4. The molecule has 0 spiro atoms. The molecule has 0 bridgehead atoms. The van der Waals surface area contributed by atoms with E-state index in [9.17, 15) is 5.11 Å². The highest BCUT2D eigenvalue weighted by Gasteiger charge is 2.33. The van der Waals surface area contributed by atoms with E-state index in [2.05, 4.69) is 11.8 Å². The fourth-order valence-corrected chi connectivity index (χ4v) is 2.61. The van der Waals surface area contributed by atoms with E-state index in [-0.39, 0.29) is 18.7 Å². The van der Waals surface area contributed by atoms with Gasteiger partial charge in [0.15, 0.2) is 0 Å². The molecule has 0 saturated carbocycles. The fraction of sp³-hybridized carbons (Fsp3) is 0.692. The Morgan fingerprint density at radius 1 is 1.65 bits per heavy atom. The van der Waals surface area contributed by atoms with Crippen LogP contribution in [-0.2, 0) is 0 Å². The Morgan fingerprint density at radius 2 is 2.47 bits per heavy atom. The minimum Gasteiger partial charge on any atom is -0.468 e. The molecule has 1 aliphatic heterocycles. The topological polar surface area (TPSA) is 62.6 Å². The zero-order valence-corrected chi connectivity index (χ0v) is 10.4. The Kier molecular flexibility index (Phi) is 4.20. The van der Waals surface area contributed by atoms with Gasteiger partial charge in [0.2, 0.25) is 0 Å². The van der Waals surface area contributed by atoms with Crippen LogP contribution in [0.4, 0.5) is 0 Å². The summed E-state index contributed by atoms with van der Waals surface area (Å²) in [5.41, 5.74) is 6.21. The molecule has 3 atom stereocenters. The van der Waals surface area contributed by atoms with E-state index in [1.165, 1.54) is 0 Å². The fourth-order valence-electron chi connectivity index (χ4n) is 2.61. The molecular weight excluding hydrogens is 216 g/mol. The van der Waals surface area contributed by atoms with Crippen LogP contribution in [-0.4, -0.2) is 35.7 Å². The lowest BCUT2D eigenvalue weighted by Crippen LogP contribution is -2.39. The summed E-state index contributed by atoms with van der Waals surface area (Å²) in [6, 6.07) is 4.13. The van der Waals surface area contributed by atoms with Crippen LogP contribution in [0, 0.1) is 5.92 Å². The number of nitrogens with two attached hydrogens (primary N) is 1. The summed E-state index contributed by atoms with van der Waals surface area (Å²) in [5.74, 6) is 1.33. The number of nitrogens with zero attached hydrogens (tertiary/aromatic N) is 1. The zero-order chi connectivity index (χ0) is 12.3. The van der Waals surface area contributed by atoms with Crippen molar-refractivity contribution in [3.63, 3.8) is 0 Å². The van der Waals surface area contributed by atoms with Crippen LogP contribution >= 0.6 is 0 Å². The lowest BCUT2D eigenvalue weighted by atomic mass is 10.0. The van der Waals surface area contributed by atoms with Crippen molar-refractivity contribution in [1.82, 2.24) is 4.90 Å². The van der Waals surface area contributed by atoms with Crippen LogP contribution in [0.5, 0.6) is 0 Å². The summed E-state index contributed by atoms with van der Waals surface area (Å²) in [6.07, 6.45) is 3.67. The highest BCUT2D eigenvalue weighted by atomic mass is 16.3. The van der Waals surface area contributed by atoms with E-state index in [0.29, 0.717) is 5.92 Å². The maximum absolute atomic E-state index is 9.21. The van der Waals surface area contributed by atoms with Crippen LogP contribution < -0.4 is 5.73 Å². The molecule has 0 aromatic carbocycles. The summed E-state index contributed by atoms with van der Waals surface area (Å²) in [6.45, 7) is 4.27. The summed E-state index contributed by atoms with van der Waals surface area (Å²) >= 11 is 0. The lowest BCUT2D eigenvalue weighted by Gasteiger charge is -2.30. The SMILES string of the molecule is CCC(N)C(c1ccco1)N1CCC(CO)C1. The van der Waals surface area contributed by atoms with Crippen molar-refractivity contribution in [2.75, 3.05) is 19.7 Å². The van der Waals surface area contributed by atoms with Gasteiger partial charge in [-0.1, -0.05) is 6.92 Å². The molecule has 2 heterocycles. The average Bonchev–Trinajstić information content (AvgIpc) is 3.00. The summed E-state index contributed by atoms with van der Waals surface area (Å²) in [7, 11) is 0. The van der Waals surface area contributed by atoms with Crippen LogP contribution in [0.15, 0.2) is 22.8 Å². The molecule has 1 aromatic heterocycles. The minimum absolute atomic E-state index is 0.0820. The standard InChI is InChI=1S/C13H22N2O2/c1-2-11(14)13(12-4-3-7-17-12)15-6-5-10(8-15)9-16/h3-4,7,10-11,13,16H,2,5-6,8-9,14H2,1H3. The molecule has 3 N–H and O–H groups in total. The maximum atomic E-state index is 9.21. The Balaban J connectivity index is 2.11. The second kappa shape index (κ2) is 5.67. The molecule has 0 radical (unpaired) electrons. The van der Waals surface area contributed by atoms with Gasteiger partial charge in [-0.15, -0.1) is 0 Å². The van der Waals surface area contributed by atoms with Crippen molar-refractivity contribution in [3.05, 3.63) is 24.2 Å². The second-order valence-corrected chi connectivity index (χ2v) is 4.86. The van der Waals surface area contributed by atoms with Crippen LogP contribution in [0.25, 0.3) is 0 Å². The Labute approximate surface area is 102 Å². The minimum atomic E-state index is 0.0820. The Bertz CT molecular complexity index is 326. The zero-order valence-electron chi connectivity index (χ0n) is 10.4. The van der Waals surface area contributed by atoms with Gasteiger partial charge in [-0.25, -0.2) is 0 Å². The molecule has 1 saturated heterocycles. The molecule has 17 heavy (non-hydrogen) atoms. The van der Waals surface area contributed by atoms with Crippen LogP contribution in [0.2, 0.25) is 0 Å². The van der Waals surface area contributed by atoms with Gasteiger partial charge in [0, 0.05) is 19.2 Å². The van der Waals surface area contributed by atoms with E-state index < -0.39 is 0 Å². The first kappa shape index (κ1) is 12.6. The summed E-state index contributed by atoms with van der Waals surface area (Å²) in [4.78, 5) is 2.34. The predicted molar refractivity (Wildman–Crippen MR) is 66.5 cm³/mol. The smallest absolute Gasteiger partial charge is 0.122 e. The molecule has 1 aromatic rings. The van der Waals surface area contributed by atoms with Crippen molar-refractivity contribution in [1.29, 1.82) is 0 Å². The van der Waals surface area contributed by atoms with E-state index >= 15 is 0 Å². The first-order valence-corrected chi connectivity index (χ1v) is 6.40. The monoisotopic (exact) mass is 238 g/mol. The second-order valence-electron chi connectivity index (χ2n) is 4.86. The number of aliphatic hydroxyl groups excluding tert-OH is 1. The molecule has 1 fully saturated rings. The van der Waals surface area contributed by atoms with Gasteiger partial charge in [-0.3, -0.25) is 4.90 Å². The molecule has 1 aliphatic rings. The number of hydrogen-bond donors (Lipinski definition) is 2. The first-order valence-electron chi connectivity index (χ1n) is 6.40. The van der Waals surface area contributed by atoms with Gasteiger partial charge in [0.05, 0.1) is 12.3 Å². The first-order chi connectivity index (χ1) is 8.26. The van der Waals surface area contributed by atoms with Gasteiger partial charge in [0.1, 0.15) is 5.76 Å². The largest absolute Gasteiger partial charge is 0.468 e. The molecule has 0 amide bonds. The number of furan rings is 1. The van der Waals surface area contributed by atoms with E-state index in [0.717, 1.165) is 31.7 Å². The van der Waals surface area contributed by atoms with Crippen LogP contribution in [0.1, 0.15) is 31.6 Å². The Morgan fingerprint density at radius 3 is 3.00 bits per heavy atom. The van der Waals surface area contributed by atoms with Gasteiger partial charge in [-0.05, 0) is 37.4 Å². The van der Waals surface area contributed by atoms with Crippen molar-refractivity contribution in [2.45, 2.75) is 31.8 Å². The third kappa shape index (κ3) is 2.70. The van der Waals surface area contributed by atoms with Crippen molar-refractivity contribution >= 4 is 0 Å². The van der Waals surface area contributed by atoms with Crippen molar-refractivity contribution < 1.29 is 9.52 Å². The molecule has 4 heteroatoms. The molecule has 96 valence electrons. The van der Waals surface area contributed by atoms with Crippen molar-refractivity contribution in [2.24, 2.45) is 11.7 Å². The van der Waals surface area contributed by atoms with Crippen molar-refractivity contribution in [3.8, 4) is 0 Å². The van der Waals surface area contributed by atoms with Gasteiger partial charge < -0.3 is 15.3 Å². The molecule has 0 aliphatic carbocycles. The molecular formula is C13H22N2O2. The van der Waals surface area contributed by atoms with E-state index in [4.69, 9.17) is 10.2 Å². The van der Waals surface area contributed by atoms with Crippen LogP contribution in [0.3, 0.4) is 0 Å². The Hall–Kier alpha value is -0.840. The van der Waals surface area contributed by atoms with Gasteiger partial charge >= 0.3 is 0 Å². The quantitative estimate of drug-likeness (QED) is 0.813. The maximum Gasteiger partial charge on any atom is 0.122 e. The third-order valence-corrected chi connectivity index (χ3v) is 3.68. The number of rotatable bonds is 5. The normalized spacial score (nSPS) is 25.0. The molecule has 4 nitrogen and oxygen atoms in total. The molecule has 2 rings (SSSR count). The lowest BCUT2D eigenvalue weighted by molar-refractivity contribution is 0.162. The molecule has 3 unspecified atom stereocenters. The summed E-state index contributed by atoms with van der Waals surface area (Å²) in [5, 5.41) is 9.21. The van der Waals surface area contributed by atoms with E-state index in [1.54, 1.807) is 6.26 Å². The van der Waals surface area contributed by atoms with Gasteiger partial charge in [0.25, 0.3) is 0 Å². The number of aliphatic hydroxyl groups is 1. The average molecular weight is 238 g/mol. The van der Waals surface area contributed by atoms with Gasteiger partial charge in [-0.2, -0.15) is 0 Å². The van der Waals surface area contributed by atoms with E-state index in [1.807, 2.05) is 12.1 Å². The third-order valence-electron chi connectivity index (χ3n) is 3.68. The predicted octanol–water partition coefficient (Wildman–Crippen LogP) is 1.37. The summed E-state index contributed by atoms with van der Waals surface area (Å²) < 4.78 is 5.52.